The number of imidazole rings is 1. The van der Waals surface area contributed by atoms with Crippen molar-refractivity contribution in [3.8, 4) is 0 Å². The molecule has 5 rings (SSSR count). The van der Waals surface area contributed by atoms with Crippen LogP contribution in [-0.4, -0.2) is 39.5 Å². The van der Waals surface area contributed by atoms with Crippen LogP contribution in [0.4, 0.5) is 0 Å². The summed E-state index contributed by atoms with van der Waals surface area (Å²) < 4.78 is 0. The van der Waals surface area contributed by atoms with E-state index in [0.717, 1.165) is 47.0 Å². The highest BCUT2D eigenvalue weighted by molar-refractivity contribution is 5.73. The summed E-state index contributed by atoms with van der Waals surface area (Å²) in [4.78, 5) is 15.4. The Morgan fingerprint density at radius 2 is 1.83 bits per heavy atom. The predicted octanol–water partition coefficient (Wildman–Crippen LogP) is 5.48. The first-order valence-corrected chi connectivity index (χ1v) is 12.2. The molecule has 4 nitrogen and oxygen atoms in total. The number of aromatic nitrogens is 3. The van der Waals surface area contributed by atoms with E-state index >= 15 is 0 Å². The Morgan fingerprint density at radius 3 is 2.47 bits per heavy atom. The van der Waals surface area contributed by atoms with E-state index in [9.17, 15) is 0 Å². The van der Waals surface area contributed by atoms with Gasteiger partial charge in [-0.15, -0.1) is 0 Å². The maximum atomic E-state index is 4.83. The van der Waals surface area contributed by atoms with Gasteiger partial charge >= 0.3 is 0 Å². The lowest BCUT2D eigenvalue weighted by molar-refractivity contribution is 0.153. The Bertz CT molecular complexity index is 842. The van der Waals surface area contributed by atoms with Crippen LogP contribution in [0.5, 0.6) is 0 Å². The zero-order valence-corrected chi connectivity index (χ0v) is 19.0. The zero-order valence-electron chi connectivity index (χ0n) is 19.0. The number of hydrogen-bond donors (Lipinski definition) is 1. The van der Waals surface area contributed by atoms with Gasteiger partial charge in [0.2, 0.25) is 0 Å². The fourth-order valence-corrected chi connectivity index (χ4v) is 5.58. The van der Waals surface area contributed by atoms with Crippen LogP contribution in [0.1, 0.15) is 58.7 Å². The maximum Gasteiger partial charge on any atom is 0.107 e. The molecule has 0 amide bonds. The molecule has 2 aromatic heterocycles. The molecule has 0 radical (unpaired) electrons. The number of rotatable bonds is 9. The summed E-state index contributed by atoms with van der Waals surface area (Å²) in [6.07, 6.45) is 14.5. The van der Waals surface area contributed by atoms with Gasteiger partial charge in [-0.25, -0.2) is 4.98 Å². The minimum absolute atomic E-state index is 0.600. The Hall–Kier alpha value is -1.68. The van der Waals surface area contributed by atoms with Gasteiger partial charge in [-0.1, -0.05) is 25.5 Å². The molecule has 2 heterocycles. The normalized spacial score (nSPS) is 27.2. The van der Waals surface area contributed by atoms with Crippen LogP contribution in [0.15, 0.2) is 30.1 Å². The van der Waals surface area contributed by atoms with Gasteiger partial charge in [0.25, 0.3) is 0 Å². The van der Waals surface area contributed by atoms with E-state index in [2.05, 4.69) is 41.7 Å². The summed E-state index contributed by atoms with van der Waals surface area (Å²) in [5, 5.41) is 0. The standard InChI is InChI=1S/C26H38N4/c1-17(2)23-11-21(12-26-28-24-8-9-27-13-25(24)29-26)18(3)10-22(23)16-30(14-19-4-5-19)15-20-6-7-20/h8-10,13,17,19-23H,4-7,11-12,14-16H2,1-3H3,(H,28,29)/t21-,22-,23-/m0/s1. The van der Waals surface area contributed by atoms with Crippen molar-refractivity contribution in [3.63, 3.8) is 0 Å². The molecule has 3 aliphatic carbocycles. The SMILES string of the molecule is CC1=C[C@@H](CN(CC2CC2)CC2CC2)[C@H](C(C)C)C[C@H]1Cc1nc2ccncc2[nH]1. The van der Waals surface area contributed by atoms with E-state index in [0.29, 0.717) is 11.8 Å². The van der Waals surface area contributed by atoms with Gasteiger partial charge in [-0.05, 0) is 80.6 Å². The quantitative estimate of drug-likeness (QED) is 0.561. The molecule has 2 aromatic rings. The number of H-pyrrole nitrogens is 1. The second-order valence-corrected chi connectivity index (χ2v) is 10.8. The van der Waals surface area contributed by atoms with Crippen LogP contribution >= 0.6 is 0 Å². The first-order valence-electron chi connectivity index (χ1n) is 12.2. The van der Waals surface area contributed by atoms with E-state index in [1.54, 1.807) is 5.57 Å². The van der Waals surface area contributed by atoms with Crippen molar-refractivity contribution in [1.29, 1.82) is 0 Å². The molecule has 3 aliphatic rings. The molecule has 0 aromatic carbocycles. The van der Waals surface area contributed by atoms with Crippen LogP contribution < -0.4 is 0 Å². The molecule has 2 fully saturated rings. The second kappa shape index (κ2) is 8.45. The van der Waals surface area contributed by atoms with Crippen molar-refractivity contribution in [2.75, 3.05) is 19.6 Å². The topological polar surface area (TPSA) is 44.8 Å². The van der Waals surface area contributed by atoms with Crippen molar-refractivity contribution in [3.05, 3.63) is 35.9 Å². The van der Waals surface area contributed by atoms with E-state index in [4.69, 9.17) is 4.98 Å². The van der Waals surface area contributed by atoms with E-state index in [1.165, 1.54) is 51.7 Å². The summed E-state index contributed by atoms with van der Waals surface area (Å²) in [6, 6.07) is 2.00. The third-order valence-electron chi connectivity index (χ3n) is 7.75. The fraction of sp³-hybridized carbons (Fsp3) is 0.692. The van der Waals surface area contributed by atoms with Crippen molar-refractivity contribution in [2.45, 2.75) is 59.3 Å². The minimum Gasteiger partial charge on any atom is -0.341 e. The molecular formula is C26H38N4. The predicted molar refractivity (Wildman–Crippen MR) is 123 cm³/mol. The summed E-state index contributed by atoms with van der Waals surface area (Å²) in [7, 11) is 0. The molecule has 162 valence electrons. The van der Waals surface area contributed by atoms with Crippen molar-refractivity contribution in [1.82, 2.24) is 19.9 Å². The van der Waals surface area contributed by atoms with Gasteiger partial charge in [0.15, 0.2) is 0 Å². The summed E-state index contributed by atoms with van der Waals surface area (Å²) in [5.74, 6) is 5.90. The highest BCUT2D eigenvalue weighted by Crippen LogP contribution is 2.41. The first-order chi connectivity index (χ1) is 14.5. The average Bonchev–Trinajstić information content (AvgIpc) is 3.63. The Labute approximate surface area is 181 Å². The highest BCUT2D eigenvalue weighted by Gasteiger charge is 2.35. The Morgan fingerprint density at radius 1 is 1.10 bits per heavy atom. The average molecular weight is 407 g/mol. The number of hydrogen-bond acceptors (Lipinski definition) is 3. The number of allylic oxidation sites excluding steroid dienone is 1. The third-order valence-corrected chi connectivity index (χ3v) is 7.75. The van der Waals surface area contributed by atoms with Crippen LogP contribution in [0.2, 0.25) is 0 Å². The van der Waals surface area contributed by atoms with E-state index in [1.807, 2.05) is 18.5 Å². The fourth-order valence-electron chi connectivity index (χ4n) is 5.58. The van der Waals surface area contributed by atoms with Gasteiger partial charge in [0, 0.05) is 32.3 Å². The summed E-state index contributed by atoms with van der Waals surface area (Å²) in [5.41, 5.74) is 3.67. The van der Waals surface area contributed by atoms with Gasteiger partial charge < -0.3 is 9.88 Å². The number of pyridine rings is 1. The number of nitrogens with zero attached hydrogens (tertiary/aromatic N) is 3. The van der Waals surface area contributed by atoms with Gasteiger partial charge in [-0.2, -0.15) is 0 Å². The van der Waals surface area contributed by atoms with Gasteiger partial charge in [0.1, 0.15) is 5.82 Å². The lowest BCUT2D eigenvalue weighted by Crippen LogP contribution is -2.39. The molecule has 2 saturated carbocycles. The Kier molecular flexibility index (Phi) is 5.70. The van der Waals surface area contributed by atoms with Crippen LogP contribution in [-0.2, 0) is 6.42 Å². The first kappa shape index (κ1) is 20.2. The van der Waals surface area contributed by atoms with Crippen LogP contribution in [0.25, 0.3) is 11.0 Å². The number of fused-ring (bicyclic) bond motifs is 1. The monoisotopic (exact) mass is 406 g/mol. The molecule has 30 heavy (non-hydrogen) atoms. The molecule has 1 N–H and O–H groups in total. The molecule has 3 atom stereocenters. The van der Waals surface area contributed by atoms with Crippen molar-refractivity contribution < 1.29 is 0 Å². The molecule has 0 bridgehead atoms. The largest absolute Gasteiger partial charge is 0.341 e. The molecule has 0 saturated heterocycles. The highest BCUT2D eigenvalue weighted by atomic mass is 15.1. The molecule has 4 heteroatoms. The smallest absolute Gasteiger partial charge is 0.107 e. The second-order valence-electron chi connectivity index (χ2n) is 10.8. The Balaban J connectivity index is 1.30. The molecular weight excluding hydrogens is 368 g/mol. The van der Waals surface area contributed by atoms with Crippen molar-refractivity contribution in [2.24, 2.45) is 35.5 Å². The van der Waals surface area contributed by atoms with E-state index in [-0.39, 0.29) is 0 Å². The van der Waals surface area contributed by atoms with Gasteiger partial charge in [-0.3, -0.25) is 4.98 Å². The van der Waals surface area contributed by atoms with Crippen LogP contribution in [0.3, 0.4) is 0 Å². The summed E-state index contributed by atoms with van der Waals surface area (Å²) in [6.45, 7) is 11.2. The molecule has 0 aliphatic heterocycles. The summed E-state index contributed by atoms with van der Waals surface area (Å²) >= 11 is 0. The molecule has 0 spiro atoms. The van der Waals surface area contributed by atoms with Gasteiger partial charge in [0.05, 0.1) is 17.2 Å². The number of nitrogens with one attached hydrogen (secondary N) is 1. The zero-order chi connectivity index (χ0) is 20.7. The van der Waals surface area contributed by atoms with Crippen LogP contribution in [0, 0.1) is 35.5 Å². The number of aromatic amines is 1. The lowest BCUT2D eigenvalue weighted by atomic mass is 9.69. The lowest BCUT2D eigenvalue weighted by Gasteiger charge is -2.39. The van der Waals surface area contributed by atoms with Crippen molar-refractivity contribution >= 4 is 11.0 Å². The molecule has 0 unspecified atom stereocenters. The van der Waals surface area contributed by atoms with E-state index < -0.39 is 0 Å². The maximum absolute atomic E-state index is 4.83. The minimum atomic E-state index is 0.600. The third kappa shape index (κ3) is 4.80.